The molecule has 3 rings (SSSR count). The highest BCUT2D eigenvalue weighted by Crippen LogP contribution is 2.26. The number of ether oxygens (including phenoxy) is 1. The van der Waals surface area contributed by atoms with Gasteiger partial charge < -0.3 is 9.30 Å². The summed E-state index contributed by atoms with van der Waals surface area (Å²) in [5.74, 6) is 0. The second-order valence-electron chi connectivity index (χ2n) is 6.73. The summed E-state index contributed by atoms with van der Waals surface area (Å²) in [5.41, 5.74) is 4.91. The van der Waals surface area contributed by atoms with Gasteiger partial charge in [-0.2, -0.15) is 0 Å². The summed E-state index contributed by atoms with van der Waals surface area (Å²) in [7, 11) is 0. The Balaban J connectivity index is 1.66. The van der Waals surface area contributed by atoms with Crippen LogP contribution in [-0.4, -0.2) is 16.2 Å². The molecule has 0 N–H and O–H groups in total. The van der Waals surface area contributed by atoms with Crippen LogP contribution in [0.3, 0.4) is 0 Å². The predicted octanol–water partition coefficient (Wildman–Crippen LogP) is 6.01. The molecule has 1 atom stereocenters. The van der Waals surface area contributed by atoms with E-state index in [0.29, 0.717) is 6.61 Å². The molecule has 4 heteroatoms. The molecule has 1 heterocycles. The maximum atomic E-state index is 6.25. The second kappa shape index (κ2) is 9.54. The minimum absolute atomic E-state index is 0.0443. The molecule has 0 amide bonds. The van der Waals surface area contributed by atoms with Crippen LogP contribution in [0.15, 0.2) is 67.3 Å². The first-order valence-electron chi connectivity index (χ1n) is 9.18. The molecule has 0 saturated carbocycles. The Kier molecular flexibility index (Phi) is 6.86. The molecule has 0 saturated heterocycles. The summed E-state index contributed by atoms with van der Waals surface area (Å²) in [6, 6.07) is 14.3. The monoisotopic (exact) mass is 380 g/mol. The van der Waals surface area contributed by atoms with Crippen LogP contribution in [0.25, 0.3) is 6.08 Å². The van der Waals surface area contributed by atoms with Crippen molar-refractivity contribution in [1.82, 2.24) is 9.55 Å². The van der Waals surface area contributed by atoms with E-state index in [2.05, 4.69) is 53.7 Å². The minimum Gasteiger partial charge on any atom is -0.369 e. The lowest BCUT2D eigenvalue weighted by Crippen LogP contribution is -2.10. The van der Waals surface area contributed by atoms with Crippen LogP contribution in [0, 0.1) is 13.8 Å². The van der Waals surface area contributed by atoms with Crippen LogP contribution in [-0.2, 0) is 11.3 Å². The Hall–Kier alpha value is -2.36. The molecule has 140 valence electrons. The minimum atomic E-state index is 0.0443. The normalized spacial score (nSPS) is 12.6. The SMILES string of the molecule is Cc1ccc(C(CCn2ccnc2)OCC=Cc2ccc(Cl)cc2)c(C)c1. The lowest BCUT2D eigenvalue weighted by molar-refractivity contribution is 0.0638. The summed E-state index contributed by atoms with van der Waals surface area (Å²) in [6.45, 7) is 5.70. The van der Waals surface area contributed by atoms with E-state index >= 15 is 0 Å². The Morgan fingerprint density at radius 1 is 1.15 bits per heavy atom. The molecule has 0 spiro atoms. The first kappa shape index (κ1) is 19.4. The maximum absolute atomic E-state index is 6.25. The summed E-state index contributed by atoms with van der Waals surface area (Å²) < 4.78 is 8.33. The van der Waals surface area contributed by atoms with E-state index in [9.17, 15) is 0 Å². The fraction of sp³-hybridized carbons (Fsp3) is 0.261. The number of rotatable bonds is 8. The van der Waals surface area contributed by atoms with E-state index in [1.165, 1.54) is 16.7 Å². The van der Waals surface area contributed by atoms with Crippen LogP contribution >= 0.6 is 11.6 Å². The van der Waals surface area contributed by atoms with Crippen LogP contribution < -0.4 is 0 Å². The number of aromatic nitrogens is 2. The van der Waals surface area contributed by atoms with Crippen molar-refractivity contribution in [3.63, 3.8) is 0 Å². The van der Waals surface area contributed by atoms with E-state index in [1.807, 2.05) is 43.0 Å². The average Bonchev–Trinajstić information content (AvgIpc) is 3.17. The molecule has 0 bridgehead atoms. The van der Waals surface area contributed by atoms with Gasteiger partial charge in [-0.25, -0.2) is 4.98 Å². The van der Waals surface area contributed by atoms with Gasteiger partial charge in [-0.1, -0.05) is 59.6 Å². The van der Waals surface area contributed by atoms with Gasteiger partial charge in [0, 0.05) is 24.0 Å². The van der Waals surface area contributed by atoms with Crippen LogP contribution in [0.1, 0.15) is 34.8 Å². The number of halogens is 1. The molecule has 0 radical (unpaired) electrons. The Morgan fingerprint density at radius 2 is 1.96 bits per heavy atom. The van der Waals surface area contributed by atoms with Crippen molar-refractivity contribution < 1.29 is 4.74 Å². The van der Waals surface area contributed by atoms with Crippen molar-refractivity contribution >= 4 is 17.7 Å². The molecule has 0 aliphatic rings. The topological polar surface area (TPSA) is 27.1 Å². The quantitative estimate of drug-likeness (QED) is 0.478. The standard InChI is InChI=1S/C23H25ClN2O/c1-18-5-10-22(19(2)16-18)23(11-13-26-14-12-25-17-26)27-15-3-4-20-6-8-21(24)9-7-20/h3-10,12,14,16-17,23H,11,13,15H2,1-2H3. The van der Waals surface area contributed by atoms with Gasteiger partial charge in [-0.3, -0.25) is 0 Å². The highest BCUT2D eigenvalue weighted by Gasteiger charge is 2.14. The Morgan fingerprint density at radius 3 is 2.67 bits per heavy atom. The molecule has 1 unspecified atom stereocenters. The van der Waals surface area contributed by atoms with E-state index in [4.69, 9.17) is 16.3 Å². The summed E-state index contributed by atoms with van der Waals surface area (Å²) in [6.07, 6.45) is 10.7. The number of imidazole rings is 1. The van der Waals surface area contributed by atoms with Gasteiger partial charge in [-0.05, 0) is 49.1 Å². The van der Waals surface area contributed by atoms with Crippen LogP contribution in [0.5, 0.6) is 0 Å². The average molecular weight is 381 g/mol. The highest BCUT2D eigenvalue weighted by atomic mass is 35.5. The predicted molar refractivity (Wildman–Crippen MR) is 112 cm³/mol. The smallest absolute Gasteiger partial charge is 0.0945 e. The van der Waals surface area contributed by atoms with Crippen molar-refractivity contribution in [3.05, 3.63) is 94.5 Å². The lowest BCUT2D eigenvalue weighted by Gasteiger charge is -2.20. The fourth-order valence-corrected chi connectivity index (χ4v) is 3.26. The first-order chi connectivity index (χ1) is 13.1. The molecule has 0 aliphatic heterocycles. The van der Waals surface area contributed by atoms with Gasteiger partial charge in [0.1, 0.15) is 0 Å². The van der Waals surface area contributed by atoms with Crippen molar-refractivity contribution in [2.45, 2.75) is 32.9 Å². The van der Waals surface area contributed by atoms with Crippen molar-refractivity contribution in [1.29, 1.82) is 0 Å². The highest BCUT2D eigenvalue weighted by molar-refractivity contribution is 6.30. The van der Waals surface area contributed by atoms with Crippen LogP contribution in [0.4, 0.5) is 0 Å². The molecule has 3 nitrogen and oxygen atoms in total. The zero-order valence-electron chi connectivity index (χ0n) is 15.8. The van der Waals surface area contributed by atoms with Crippen molar-refractivity contribution in [3.8, 4) is 0 Å². The molecule has 27 heavy (non-hydrogen) atoms. The molecule has 1 aromatic heterocycles. The molecular weight excluding hydrogens is 356 g/mol. The largest absolute Gasteiger partial charge is 0.369 e. The van der Waals surface area contributed by atoms with Gasteiger partial charge in [0.05, 0.1) is 19.0 Å². The third-order valence-corrected chi connectivity index (χ3v) is 4.81. The van der Waals surface area contributed by atoms with E-state index < -0.39 is 0 Å². The number of aryl methyl sites for hydroxylation is 3. The maximum Gasteiger partial charge on any atom is 0.0945 e. The zero-order chi connectivity index (χ0) is 19.1. The Labute approximate surface area is 166 Å². The zero-order valence-corrected chi connectivity index (χ0v) is 16.6. The number of hydrogen-bond acceptors (Lipinski definition) is 2. The first-order valence-corrected chi connectivity index (χ1v) is 9.56. The van der Waals surface area contributed by atoms with E-state index in [1.54, 1.807) is 0 Å². The molecule has 2 aromatic carbocycles. The number of benzene rings is 2. The van der Waals surface area contributed by atoms with Gasteiger partial charge in [-0.15, -0.1) is 0 Å². The fourth-order valence-electron chi connectivity index (χ4n) is 3.13. The van der Waals surface area contributed by atoms with Gasteiger partial charge in [0.2, 0.25) is 0 Å². The van der Waals surface area contributed by atoms with E-state index in [-0.39, 0.29) is 6.10 Å². The van der Waals surface area contributed by atoms with Crippen molar-refractivity contribution in [2.75, 3.05) is 6.61 Å². The van der Waals surface area contributed by atoms with Gasteiger partial charge in [0.15, 0.2) is 0 Å². The third-order valence-electron chi connectivity index (χ3n) is 4.55. The summed E-state index contributed by atoms with van der Waals surface area (Å²) >= 11 is 5.93. The molecule has 0 fully saturated rings. The second-order valence-corrected chi connectivity index (χ2v) is 7.16. The van der Waals surface area contributed by atoms with E-state index in [0.717, 1.165) is 23.6 Å². The van der Waals surface area contributed by atoms with Crippen LogP contribution in [0.2, 0.25) is 5.02 Å². The molecule has 3 aromatic rings. The number of hydrogen-bond donors (Lipinski definition) is 0. The number of nitrogens with zero attached hydrogens (tertiary/aromatic N) is 2. The lowest BCUT2D eigenvalue weighted by atomic mass is 9.99. The molecular formula is C23H25ClN2O. The molecule has 0 aliphatic carbocycles. The van der Waals surface area contributed by atoms with Gasteiger partial charge in [0.25, 0.3) is 0 Å². The third kappa shape index (κ3) is 5.81. The van der Waals surface area contributed by atoms with Crippen molar-refractivity contribution in [2.24, 2.45) is 0 Å². The summed E-state index contributed by atoms with van der Waals surface area (Å²) in [5, 5.41) is 0.748. The summed E-state index contributed by atoms with van der Waals surface area (Å²) in [4.78, 5) is 4.12. The Bertz CT molecular complexity index is 870. The van der Waals surface area contributed by atoms with Gasteiger partial charge >= 0.3 is 0 Å².